The van der Waals surface area contributed by atoms with Gasteiger partial charge in [-0.3, -0.25) is 0 Å². The monoisotopic (exact) mass is 343 g/mol. The van der Waals surface area contributed by atoms with Gasteiger partial charge in [-0.1, -0.05) is 51.8 Å². The van der Waals surface area contributed by atoms with Crippen LogP contribution in [-0.4, -0.2) is 0 Å². The Hall–Kier alpha value is -1.33. The SMILES string of the molecule is Cc1cccc(C(N)c2ccc(Br)c(C(F)(F)F)c2)c1. The van der Waals surface area contributed by atoms with E-state index in [1.54, 1.807) is 6.07 Å². The van der Waals surface area contributed by atoms with E-state index in [-0.39, 0.29) is 4.47 Å². The molecule has 5 heteroatoms. The Morgan fingerprint density at radius 3 is 2.30 bits per heavy atom. The normalized spacial score (nSPS) is 13.3. The molecule has 0 saturated carbocycles. The topological polar surface area (TPSA) is 26.0 Å². The molecule has 0 amide bonds. The lowest BCUT2D eigenvalue weighted by atomic mass is 9.97. The zero-order valence-electron chi connectivity index (χ0n) is 10.7. The summed E-state index contributed by atoms with van der Waals surface area (Å²) in [6.07, 6.45) is -4.40. The molecule has 2 rings (SSSR count). The first-order chi connectivity index (χ1) is 9.29. The van der Waals surface area contributed by atoms with Gasteiger partial charge in [0.1, 0.15) is 0 Å². The Morgan fingerprint density at radius 1 is 1.05 bits per heavy atom. The highest BCUT2D eigenvalue weighted by atomic mass is 79.9. The summed E-state index contributed by atoms with van der Waals surface area (Å²) < 4.78 is 38.7. The van der Waals surface area contributed by atoms with Crippen LogP contribution in [-0.2, 0) is 6.18 Å². The molecule has 0 aliphatic carbocycles. The summed E-state index contributed by atoms with van der Waals surface area (Å²) in [6, 6.07) is 10.9. The minimum absolute atomic E-state index is 0.0187. The molecule has 0 aromatic heterocycles. The standard InChI is InChI=1S/C15H13BrF3N/c1-9-3-2-4-10(7-9)14(20)11-5-6-13(16)12(8-11)15(17,18)19/h2-8,14H,20H2,1H3. The molecule has 20 heavy (non-hydrogen) atoms. The van der Waals surface area contributed by atoms with Crippen LogP contribution in [0.15, 0.2) is 46.9 Å². The van der Waals surface area contributed by atoms with E-state index in [2.05, 4.69) is 15.9 Å². The number of aryl methyl sites for hydroxylation is 1. The van der Waals surface area contributed by atoms with Gasteiger partial charge < -0.3 is 5.73 Å². The summed E-state index contributed by atoms with van der Waals surface area (Å²) in [5.41, 5.74) is 7.60. The maximum absolute atomic E-state index is 12.9. The van der Waals surface area contributed by atoms with Crippen molar-refractivity contribution in [3.8, 4) is 0 Å². The summed E-state index contributed by atoms with van der Waals surface area (Å²) in [5.74, 6) is 0. The maximum atomic E-state index is 12.9. The van der Waals surface area contributed by atoms with Gasteiger partial charge in [0.2, 0.25) is 0 Å². The molecule has 2 N–H and O–H groups in total. The largest absolute Gasteiger partial charge is 0.417 e. The Kier molecular flexibility index (Phi) is 4.20. The van der Waals surface area contributed by atoms with E-state index in [4.69, 9.17) is 5.73 Å². The van der Waals surface area contributed by atoms with Gasteiger partial charge in [-0.05, 0) is 30.2 Å². The lowest BCUT2D eigenvalue weighted by Gasteiger charge is -2.16. The van der Waals surface area contributed by atoms with Crippen LogP contribution < -0.4 is 5.73 Å². The Balaban J connectivity index is 2.43. The van der Waals surface area contributed by atoms with Gasteiger partial charge in [-0.15, -0.1) is 0 Å². The molecular formula is C15H13BrF3N. The van der Waals surface area contributed by atoms with Gasteiger partial charge in [0.25, 0.3) is 0 Å². The number of hydrogen-bond acceptors (Lipinski definition) is 1. The van der Waals surface area contributed by atoms with Crippen molar-refractivity contribution in [3.05, 3.63) is 69.2 Å². The molecular weight excluding hydrogens is 331 g/mol. The minimum atomic E-state index is -4.40. The molecule has 0 radical (unpaired) electrons. The van der Waals surface area contributed by atoms with Crippen molar-refractivity contribution < 1.29 is 13.2 Å². The second-order valence-electron chi connectivity index (χ2n) is 4.63. The number of halogens is 4. The quantitative estimate of drug-likeness (QED) is 0.830. The first-order valence-corrected chi connectivity index (χ1v) is 6.77. The van der Waals surface area contributed by atoms with Crippen LogP contribution in [0.1, 0.15) is 28.3 Å². The molecule has 0 aliphatic rings. The smallest absolute Gasteiger partial charge is 0.320 e. The van der Waals surface area contributed by atoms with Crippen molar-refractivity contribution >= 4 is 15.9 Å². The predicted octanol–water partition coefficient (Wildman–Crippen LogP) is 4.82. The van der Waals surface area contributed by atoms with E-state index in [0.717, 1.165) is 17.2 Å². The highest BCUT2D eigenvalue weighted by Gasteiger charge is 2.33. The third-order valence-corrected chi connectivity index (χ3v) is 3.75. The number of alkyl halides is 3. The van der Waals surface area contributed by atoms with E-state index >= 15 is 0 Å². The Bertz CT molecular complexity index is 623. The number of rotatable bonds is 2. The summed E-state index contributed by atoms with van der Waals surface area (Å²) >= 11 is 2.92. The van der Waals surface area contributed by atoms with Crippen molar-refractivity contribution in [1.82, 2.24) is 0 Å². The van der Waals surface area contributed by atoms with Crippen LogP contribution in [0.2, 0.25) is 0 Å². The highest BCUT2D eigenvalue weighted by Crippen LogP contribution is 2.36. The van der Waals surface area contributed by atoms with Gasteiger partial charge in [-0.2, -0.15) is 13.2 Å². The van der Waals surface area contributed by atoms with Gasteiger partial charge in [0.05, 0.1) is 11.6 Å². The molecule has 0 heterocycles. The predicted molar refractivity (Wildman–Crippen MR) is 76.4 cm³/mol. The van der Waals surface area contributed by atoms with Crippen LogP contribution in [0.3, 0.4) is 0 Å². The maximum Gasteiger partial charge on any atom is 0.417 e. The fraction of sp³-hybridized carbons (Fsp3) is 0.200. The van der Waals surface area contributed by atoms with E-state index in [1.807, 2.05) is 31.2 Å². The molecule has 1 nitrogen and oxygen atoms in total. The van der Waals surface area contributed by atoms with Gasteiger partial charge >= 0.3 is 6.18 Å². The van der Waals surface area contributed by atoms with Gasteiger partial charge in [0, 0.05) is 4.47 Å². The van der Waals surface area contributed by atoms with Crippen molar-refractivity contribution in [3.63, 3.8) is 0 Å². The molecule has 1 atom stereocenters. The van der Waals surface area contributed by atoms with Crippen LogP contribution in [0.25, 0.3) is 0 Å². The Morgan fingerprint density at radius 2 is 1.70 bits per heavy atom. The highest BCUT2D eigenvalue weighted by molar-refractivity contribution is 9.10. The average molecular weight is 344 g/mol. The summed E-state index contributed by atoms with van der Waals surface area (Å²) in [6.45, 7) is 1.92. The average Bonchev–Trinajstić information content (AvgIpc) is 2.37. The van der Waals surface area contributed by atoms with E-state index in [0.29, 0.717) is 5.56 Å². The van der Waals surface area contributed by atoms with Crippen molar-refractivity contribution in [2.75, 3.05) is 0 Å². The van der Waals surface area contributed by atoms with E-state index in [1.165, 1.54) is 6.07 Å². The fourth-order valence-corrected chi connectivity index (χ4v) is 2.48. The number of hydrogen-bond donors (Lipinski definition) is 1. The third-order valence-electron chi connectivity index (χ3n) is 3.06. The minimum Gasteiger partial charge on any atom is -0.320 e. The molecule has 0 saturated heterocycles. The third kappa shape index (κ3) is 3.22. The number of nitrogens with two attached hydrogens (primary N) is 1. The van der Waals surface area contributed by atoms with Crippen molar-refractivity contribution in [2.45, 2.75) is 19.1 Å². The molecule has 0 spiro atoms. The molecule has 106 valence electrons. The second kappa shape index (κ2) is 5.58. The van der Waals surface area contributed by atoms with Crippen LogP contribution in [0, 0.1) is 6.92 Å². The van der Waals surface area contributed by atoms with E-state index in [9.17, 15) is 13.2 Å². The lowest BCUT2D eigenvalue weighted by Crippen LogP contribution is -2.14. The first kappa shape index (κ1) is 15.1. The molecule has 0 aliphatic heterocycles. The van der Waals surface area contributed by atoms with Gasteiger partial charge in [0.15, 0.2) is 0 Å². The molecule has 0 fully saturated rings. The van der Waals surface area contributed by atoms with E-state index < -0.39 is 17.8 Å². The molecule has 2 aromatic rings. The molecule has 0 bridgehead atoms. The molecule has 2 aromatic carbocycles. The first-order valence-electron chi connectivity index (χ1n) is 5.98. The molecule has 1 unspecified atom stereocenters. The van der Waals surface area contributed by atoms with Crippen LogP contribution in [0.4, 0.5) is 13.2 Å². The van der Waals surface area contributed by atoms with Crippen LogP contribution >= 0.6 is 15.9 Å². The summed E-state index contributed by atoms with van der Waals surface area (Å²) in [7, 11) is 0. The lowest BCUT2D eigenvalue weighted by molar-refractivity contribution is -0.138. The number of benzene rings is 2. The summed E-state index contributed by atoms with van der Waals surface area (Å²) in [4.78, 5) is 0. The zero-order chi connectivity index (χ0) is 14.9. The zero-order valence-corrected chi connectivity index (χ0v) is 12.3. The van der Waals surface area contributed by atoms with Crippen molar-refractivity contribution in [2.24, 2.45) is 5.73 Å². The Labute approximate surface area is 123 Å². The van der Waals surface area contributed by atoms with Crippen molar-refractivity contribution in [1.29, 1.82) is 0 Å². The van der Waals surface area contributed by atoms with Gasteiger partial charge in [-0.25, -0.2) is 0 Å². The summed E-state index contributed by atoms with van der Waals surface area (Å²) in [5, 5.41) is 0. The van der Waals surface area contributed by atoms with Crippen LogP contribution in [0.5, 0.6) is 0 Å². The fourth-order valence-electron chi connectivity index (χ4n) is 2.01. The second-order valence-corrected chi connectivity index (χ2v) is 5.48.